The molecule has 1 fully saturated rings. The number of halogens is 1. The smallest absolute Gasteiger partial charge is 0.176 e. The van der Waals surface area contributed by atoms with Crippen LogP contribution in [-0.2, 0) is 0 Å². The molecule has 0 N–H and O–H groups in total. The van der Waals surface area contributed by atoms with Crippen LogP contribution in [0.1, 0.15) is 36.0 Å². The fourth-order valence-electron chi connectivity index (χ4n) is 2.43. The number of benzene rings is 1. The predicted octanol–water partition coefficient (Wildman–Crippen LogP) is 2.89. The van der Waals surface area contributed by atoms with Gasteiger partial charge in [-0.25, -0.2) is 4.39 Å². The minimum Gasteiger partial charge on any atom is -0.494 e. The Morgan fingerprint density at radius 3 is 2.53 bits per heavy atom. The van der Waals surface area contributed by atoms with E-state index < -0.39 is 5.82 Å². The topological polar surface area (TPSA) is 29.5 Å². The van der Waals surface area contributed by atoms with Crippen LogP contribution in [0, 0.1) is 5.82 Å². The Morgan fingerprint density at radius 2 is 1.95 bits per heavy atom. The molecule has 0 aliphatic carbocycles. The molecular formula is C15H20FNO2. The number of rotatable bonds is 4. The molecule has 0 atom stereocenters. The Labute approximate surface area is 113 Å². The molecule has 104 valence electrons. The molecule has 1 aromatic carbocycles. The van der Waals surface area contributed by atoms with Gasteiger partial charge in [-0.05, 0) is 44.1 Å². The Balaban J connectivity index is 2.00. The minimum atomic E-state index is -0.482. The molecule has 0 unspecified atom stereocenters. The zero-order valence-corrected chi connectivity index (χ0v) is 11.3. The lowest BCUT2D eigenvalue weighted by Gasteiger charge is -2.18. The number of hydrogen-bond acceptors (Lipinski definition) is 3. The fourth-order valence-corrected chi connectivity index (χ4v) is 2.43. The first-order valence-electron chi connectivity index (χ1n) is 6.80. The number of likely N-dealkylation sites (tertiary alicyclic amines) is 1. The largest absolute Gasteiger partial charge is 0.494 e. The Hall–Kier alpha value is -1.42. The summed E-state index contributed by atoms with van der Waals surface area (Å²) in [6, 6.07) is 4.39. The molecule has 1 heterocycles. The van der Waals surface area contributed by atoms with Gasteiger partial charge in [0.2, 0.25) is 0 Å². The van der Waals surface area contributed by atoms with Crippen molar-refractivity contribution in [3.05, 3.63) is 29.6 Å². The lowest BCUT2D eigenvalue weighted by molar-refractivity contribution is 0.0932. The summed E-state index contributed by atoms with van der Waals surface area (Å²) in [6.07, 6.45) is 4.76. The zero-order valence-electron chi connectivity index (χ0n) is 11.3. The summed E-state index contributed by atoms with van der Waals surface area (Å²) in [4.78, 5) is 14.3. The molecule has 0 spiro atoms. The third-order valence-electron chi connectivity index (χ3n) is 3.54. The SMILES string of the molecule is COc1ccc(C(=O)CN2CCCCCC2)cc1F. The second-order valence-electron chi connectivity index (χ2n) is 4.96. The molecule has 1 aliphatic heterocycles. The van der Waals surface area contributed by atoms with E-state index in [0.29, 0.717) is 12.1 Å². The van der Waals surface area contributed by atoms with Crippen LogP contribution in [0.25, 0.3) is 0 Å². The number of Topliss-reactive ketones (excluding diaryl/α,β-unsaturated/α-hetero) is 1. The maximum Gasteiger partial charge on any atom is 0.176 e. The molecule has 0 amide bonds. The number of carbonyl (C=O) groups excluding carboxylic acids is 1. The molecule has 0 saturated carbocycles. The van der Waals surface area contributed by atoms with Crippen molar-refractivity contribution in [2.24, 2.45) is 0 Å². The van der Waals surface area contributed by atoms with Crippen LogP contribution >= 0.6 is 0 Å². The molecule has 0 radical (unpaired) electrons. The van der Waals surface area contributed by atoms with Gasteiger partial charge in [0.05, 0.1) is 13.7 Å². The zero-order chi connectivity index (χ0) is 13.7. The third-order valence-corrected chi connectivity index (χ3v) is 3.54. The van der Waals surface area contributed by atoms with E-state index in [0.717, 1.165) is 25.9 Å². The maximum absolute atomic E-state index is 13.6. The van der Waals surface area contributed by atoms with Gasteiger partial charge < -0.3 is 4.74 Å². The van der Waals surface area contributed by atoms with Crippen molar-refractivity contribution < 1.29 is 13.9 Å². The van der Waals surface area contributed by atoms with Crippen LogP contribution in [0.3, 0.4) is 0 Å². The molecule has 0 aromatic heterocycles. The van der Waals surface area contributed by atoms with Crippen molar-refractivity contribution in [2.45, 2.75) is 25.7 Å². The summed E-state index contributed by atoms with van der Waals surface area (Å²) in [7, 11) is 1.41. The summed E-state index contributed by atoms with van der Waals surface area (Å²) in [5.74, 6) is -0.334. The maximum atomic E-state index is 13.6. The van der Waals surface area contributed by atoms with E-state index in [-0.39, 0.29) is 11.5 Å². The first-order valence-corrected chi connectivity index (χ1v) is 6.80. The van der Waals surface area contributed by atoms with Gasteiger partial charge in [0.15, 0.2) is 17.3 Å². The van der Waals surface area contributed by atoms with Gasteiger partial charge in [-0.3, -0.25) is 9.69 Å². The van der Waals surface area contributed by atoms with E-state index in [2.05, 4.69) is 4.90 Å². The summed E-state index contributed by atoms with van der Waals surface area (Å²) in [5.41, 5.74) is 0.419. The standard InChI is InChI=1S/C15H20FNO2/c1-19-15-7-6-12(10-13(15)16)14(18)11-17-8-4-2-3-5-9-17/h6-7,10H,2-5,8-9,11H2,1H3. The highest BCUT2D eigenvalue weighted by atomic mass is 19.1. The second-order valence-corrected chi connectivity index (χ2v) is 4.96. The van der Waals surface area contributed by atoms with Crippen LogP contribution in [-0.4, -0.2) is 37.4 Å². The molecule has 2 rings (SSSR count). The molecule has 4 heteroatoms. The molecular weight excluding hydrogens is 245 g/mol. The van der Waals surface area contributed by atoms with Crippen molar-refractivity contribution in [3.63, 3.8) is 0 Å². The van der Waals surface area contributed by atoms with Crippen molar-refractivity contribution in [3.8, 4) is 5.75 Å². The lowest BCUT2D eigenvalue weighted by Crippen LogP contribution is -2.30. The molecule has 1 saturated heterocycles. The number of ketones is 1. The molecule has 1 aliphatic rings. The minimum absolute atomic E-state index is 0.0246. The van der Waals surface area contributed by atoms with Crippen LogP contribution in [0.15, 0.2) is 18.2 Å². The highest BCUT2D eigenvalue weighted by Crippen LogP contribution is 2.18. The van der Waals surface area contributed by atoms with Crippen LogP contribution in [0.5, 0.6) is 5.75 Å². The predicted molar refractivity (Wildman–Crippen MR) is 72.2 cm³/mol. The average molecular weight is 265 g/mol. The van der Waals surface area contributed by atoms with Crippen molar-refractivity contribution in [1.82, 2.24) is 4.90 Å². The van der Waals surface area contributed by atoms with Crippen LogP contribution in [0.2, 0.25) is 0 Å². The second kappa shape index (κ2) is 6.66. The molecule has 3 nitrogen and oxygen atoms in total. The normalized spacial score (nSPS) is 16.9. The van der Waals surface area contributed by atoms with E-state index in [1.807, 2.05) is 0 Å². The van der Waals surface area contributed by atoms with Crippen LogP contribution < -0.4 is 4.74 Å². The highest BCUT2D eigenvalue weighted by molar-refractivity contribution is 5.97. The summed E-state index contributed by atoms with van der Waals surface area (Å²) in [5, 5.41) is 0. The summed E-state index contributed by atoms with van der Waals surface area (Å²) >= 11 is 0. The van der Waals surface area contributed by atoms with Crippen molar-refractivity contribution >= 4 is 5.78 Å². The number of ether oxygens (including phenoxy) is 1. The Kier molecular flexibility index (Phi) is 4.91. The summed E-state index contributed by atoms with van der Waals surface area (Å²) < 4.78 is 18.4. The fraction of sp³-hybridized carbons (Fsp3) is 0.533. The van der Waals surface area contributed by atoms with Gasteiger partial charge in [-0.15, -0.1) is 0 Å². The van der Waals surface area contributed by atoms with Gasteiger partial charge in [-0.1, -0.05) is 12.8 Å². The van der Waals surface area contributed by atoms with E-state index in [1.54, 1.807) is 6.07 Å². The molecule has 1 aromatic rings. The first-order chi connectivity index (χ1) is 9.20. The molecule has 0 bridgehead atoms. The van der Waals surface area contributed by atoms with Gasteiger partial charge in [-0.2, -0.15) is 0 Å². The monoisotopic (exact) mass is 265 g/mol. The van der Waals surface area contributed by atoms with E-state index in [9.17, 15) is 9.18 Å². The van der Waals surface area contributed by atoms with Crippen molar-refractivity contribution in [2.75, 3.05) is 26.7 Å². The lowest BCUT2D eigenvalue weighted by atomic mass is 10.1. The van der Waals surface area contributed by atoms with Crippen LogP contribution in [0.4, 0.5) is 4.39 Å². The highest BCUT2D eigenvalue weighted by Gasteiger charge is 2.15. The Morgan fingerprint density at radius 1 is 1.26 bits per heavy atom. The van der Waals surface area contributed by atoms with E-state index in [1.165, 1.54) is 32.1 Å². The number of hydrogen-bond donors (Lipinski definition) is 0. The van der Waals surface area contributed by atoms with Crippen molar-refractivity contribution in [1.29, 1.82) is 0 Å². The number of methoxy groups -OCH3 is 1. The van der Waals surface area contributed by atoms with E-state index in [4.69, 9.17) is 4.74 Å². The molecule has 19 heavy (non-hydrogen) atoms. The average Bonchev–Trinajstić information content (AvgIpc) is 2.67. The van der Waals surface area contributed by atoms with Gasteiger partial charge in [0.1, 0.15) is 0 Å². The number of nitrogens with zero attached hydrogens (tertiary/aromatic N) is 1. The van der Waals surface area contributed by atoms with Gasteiger partial charge in [0, 0.05) is 5.56 Å². The van der Waals surface area contributed by atoms with Gasteiger partial charge >= 0.3 is 0 Å². The Bertz CT molecular complexity index is 440. The number of carbonyl (C=O) groups is 1. The summed E-state index contributed by atoms with van der Waals surface area (Å²) in [6.45, 7) is 2.31. The quantitative estimate of drug-likeness (QED) is 0.784. The third kappa shape index (κ3) is 3.77. The van der Waals surface area contributed by atoms with E-state index >= 15 is 0 Å². The van der Waals surface area contributed by atoms with Gasteiger partial charge in [0.25, 0.3) is 0 Å². The first kappa shape index (κ1) is 14.0.